The summed E-state index contributed by atoms with van der Waals surface area (Å²) in [5, 5.41) is 10.6. The standard InChI is InChI=1S/C14H15NO2/c1-14(2,17)13(16)9-10-7-8-15-12-6-4-3-5-11(10)12/h3-8,17H,9H2,1-2H3. The maximum Gasteiger partial charge on any atom is 0.168 e. The van der Waals surface area contributed by atoms with Crippen molar-refractivity contribution in [2.24, 2.45) is 0 Å². The number of hydrogen-bond donors (Lipinski definition) is 1. The Kier molecular flexibility index (Phi) is 2.94. The Bertz CT molecular complexity index is 550. The Morgan fingerprint density at radius 3 is 2.71 bits per heavy atom. The van der Waals surface area contributed by atoms with E-state index in [2.05, 4.69) is 4.98 Å². The van der Waals surface area contributed by atoms with E-state index in [1.165, 1.54) is 13.8 Å². The summed E-state index contributed by atoms with van der Waals surface area (Å²) in [6.07, 6.45) is 1.92. The Labute approximate surface area is 100 Å². The number of aliphatic hydroxyl groups is 1. The van der Waals surface area contributed by atoms with Crippen LogP contribution in [0.25, 0.3) is 10.9 Å². The number of hydrogen-bond acceptors (Lipinski definition) is 3. The third-order valence-electron chi connectivity index (χ3n) is 2.77. The van der Waals surface area contributed by atoms with Crippen molar-refractivity contribution in [3.63, 3.8) is 0 Å². The molecule has 0 saturated heterocycles. The van der Waals surface area contributed by atoms with E-state index in [9.17, 15) is 9.90 Å². The molecule has 1 heterocycles. The first-order valence-electron chi connectivity index (χ1n) is 5.57. The van der Waals surface area contributed by atoms with Crippen LogP contribution in [0.15, 0.2) is 36.5 Å². The average molecular weight is 229 g/mol. The van der Waals surface area contributed by atoms with Crippen LogP contribution in [0.3, 0.4) is 0 Å². The van der Waals surface area contributed by atoms with Gasteiger partial charge in [-0.2, -0.15) is 0 Å². The molecule has 1 aromatic heterocycles. The minimum absolute atomic E-state index is 0.186. The van der Waals surface area contributed by atoms with Gasteiger partial charge >= 0.3 is 0 Å². The van der Waals surface area contributed by atoms with Gasteiger partial charge < -0.3 is 5.11 Å². The van der Waals surface area contributed by atoms with Crippen LogP contribution >= 0.6 is 0 Å². The van der Waals surface area contributed by atoms with Gasteiger partial charge in [0.15, 0.2) is 5.78 Å². The molecule has 0 unspecified atom stereocenters. The molecule has 3 nitrogen and oxygen atoms in total. The fourth-order valence-corrected chi connectivity index (χ4v) is 1.70. The van der Waals surface area contributed by atoms with E-state index >= 15 is 0 Å². The Hall–Kier alpha value is -1.74. The Balaban J connectivity index is 2.40. The minimum Gasteiger partial charge on any atom is -0.383 e. The number of carbonyl (C=O) groups excluding carboxylic acids is 1. The summed E-state index contributed by atoms with van der Waals surface area (Å²) in [6.45, 7) is 3.03. The molecular weight excluding hydrogens is 214 g/mol. The molecule has 0 aliphatic heterocycles. The van der Waals surface area contributed by atoms with E-state index in [0.717, 1.165) is 16.5 Å². The van der Waals surface area contributed by atoms with Gasteiger partial charge in [0.2, 0.25) is 0 Å². The highest BCUT2D eigenvalue weighted by Gasteiger charge is 2.23. The molecule has 2 rings (SSSR count). The Morgan fingerprint density at radius 2 is 2.00 bits per heavy atom. The van der Waals surface area contributed by atoms with Crippen LogP contribution in [-0.4, -0.2) is 21.5 Å². The fourth-order valence-electron chi connectivity index (χ4n) is 1.70. The van der Waals surface area contributed by atoms with Crippen LogP contribution in [0, 0.1) is 0 Å². The van der Waals surface area contributed by atoms with Crippen LogP contribution < -0.4 is 0 Å². The normalized spacial score (nSPS) is 11.7. The highest BCUT2D eigenvalue weighted by molar-refractivity contribution is 5.92. The lowest BCUT2D eigenvalue weighted by molar-refractivity contribution is -0.133. The van der Waals surface area contributed by atoms with Gasteiger partial charge in [0.1, 0.15) is 5.60 Å². The number of para-hydroxylation sites is 1. The van der Waals surface area contributed by atoms with Crippen LogP contribution in [0.5, 0.6) is 0 Å². The number of aromatic nitrogens is 1. The Morgan fingerprint density at radius 1 is 1.29 bits per heavy atom. The van der Waals surface area contributed by atoms with E-state index in [4.69, 9.17) is 0 Å². The van der Waals surface area contributed by atoms with Crippen molar-refractivity contribution in [3.8, 4) is 0 Å². The number of pyridine rings is 1. The molecule has 0 saturated carbocycles. The molecular formula is C14H15NO2. The first-order chi connectivity index (χ1) is 7.98. The first-order valence-corrected chi connectivity index (χ1v) is 5.57. The number of rotatable bonds is 3. The largest absolute Gasteiger partial charge is 0.383 e. The van der Waals surface area contributed by atoms with Crippen LogP contribution in [0.2, 0.25) is 0 Å². The second-order valence-electron chi connectivity index (χ2n) is 4.65. The highest BCUT2D eigenvalue weighted by Crippen LogP contribution is 2.18. The molecule has 3 heteroatoms. The van der Waals surface area contributed by atoms with Gasteiger partial charge in [-0.1, -0.05) is 18.2 Å². The van der Waals surface area contributed by atoms with Gasteiger partial charge in [-0.05, 0) is 31.5 Å². The lowest BCUT2D eigenvalue weighted by atomic mass is 9.95. The van der Waals surface area contributed by atoms with Gasteiger partial charge in [-0.15, -0.1) is 0 Å². The molecule has 1 aromatic carbocycles. The van der Waals surface area contributed by atoms with Crippen molar-refractivity contribution in [2.45, 2.75) is 25.9 Å². The van der Waals surface area contributed by atoms with Gasteiger partial charge in [0, 0.05) is 18.0 Å². The number of ketones is 1. The predicted molar refractivity (Wildman–Crippen MR) is 66.8 cm³/mol. The molecule has 17 heavy (non-hydrogen) atoms. The maximum atomic E-state index is 11.8. The third-order valence-corrected chi connectivity index (χ3v) is 2.77. The van der Waals surface area contributed by atoms with Gasteiger partial charge in [-0.3, -0.25) is 9.78 Å². The quantitative estimate of drug-likeness (QED) is 0.877. The second kappa shape index (κ2) is 4.26. The number of fused-ring (bicyclic) bond motifs is 1. The SMILES string of the molecule is CC(C)(O)C(=O)Cc1ccnc2ccccc12. The smallest absolute Gasteiger partial charge is 0.168 e. The van der Waals surface area contributed by atoms with E-state index in [-0.39, 0.29) is 12.2 Å². The summed E-state index contributed by atoms with van der Waals surface area (Å²) in [4.78, 5) is 16.0. The molecule has 0 bridgehead atoms. The topological polar surface area (TPSA) is 50.2 Å². The van der Waals surface area contributed by atoms with E-state index in [1.807, 2.05) is 30.3 Å². The van der Waals surface area contributed by atoms with Crippen molar-refractivity contribution in [1.29, 1.82) is 0 Å². The second-order valence-corrected chi connectivity index (χ2v) is 4.65. The van der Waals surface area contributed by atoms with Crippen molar-refractivity contribution in [3.05, 3.63) is 42.1 Å². The molecule has 1 N–H and O–H groups in total. The zero-order valence-corrected chi connectivity index (χ0v) is 9.97. The van der Waals surface area contributed by atoms with E-state index in [0.29, 0.717) is 0 Å². The number of benzene rings is 1. The molecule has 0 aliphatic carbocycles. The maximum absolute atomic E-state index is 11.8. The minimum atomic E-state index is -1.29. The van der Waals surface area contributed by atoms with Gasteiger partial charge in [0.25, 0.3) is 0 Å². The summed E-state index contributed by atoms with van der Waals surface area (Å²) in [5.41, 5.74) is 0.487. The lowest BCUT2D eigenvalue weighted by Gasteiger charge is -2.15. The van der Waals surface area contributed by atoms with E-state index < -0.39 is 5.60 Å². The highest BCUT2D eigenvalue weighted by atomic mass is 16.3. The molecule has 0 fully saturated rings. The zero-order chi connectivity index (χ0) is 12.5. The summed E-state index contributed by atoms with van der Waals surface area (Å²) < 4.78 is 0. The number of carbonyl (C=O) groups is 1. The lowest BCUT2D eigenvalue weighted by Crippen LogP contribution is -2.32. The van der Waals surface area contributed by atoms with Gasteiger partial charge in [-0.25, -0.2) is 0 Å². The summed E-state index contributed by atoms with van der Waals surface area (Å²) in [6, 6.07) is 9.51. The van der Waals surface area contributed by atoms with Crippen molar-refractivity contribution in [1.82, 2.24) is 4.98 Å². The van der Waals surface area contributed by atoms with Crippen LogP contribution in [0.4, 0.5) is 0 Å². The molecule has 0 aliphatic rings. The fraction of sp³-hybridized carbons (Fsp3) is 0.286. The average Bonchev–Trinajstić information content (AvgIpc) is 2.28. The molecule has 2 aromatic rings. The van der Waals surface area contributed by atoms with Crippen LogP contribution in [0.1, 0.15) is 19.4 Å². The van der Waals surface area contributed by atoms with Crippen molar-refractivity contribution < 1.29 is 9.90 Å². The summed E-state index contributed by atoms with van der Waals surface area (Å²) in [7, 11) is 0. The van der Waals surface area contributed by atoms with Crippen molar-refractivity contribution >= 4 is 16.7 Å². The monoisotopic (exact) mass is 229 g/mol. The molecule has 0 spiro atoms. The molecule has 0 atom stereocenters. The van der Waals surface area contributed by atoms with E-state index in [1.54, 1.807) is 6.20 Å². The third kappa shape index (κ3) is 2.50. The van der Waals surface area contributed by atoms with Gasteiger partial charge in [0.05, 0.1) is 5.52 Å². The zero-order valence-electron chi connectivity index (χ0n) is 9.97. The number of Topliss-reactive ketones (excluding diaryl/α,β-unsaturated/α-hetero) is 1. The molecule has 88 valence electrons. The molecule has 0 amide bonds. The number of nitrogens with zero attached hydrogens (tertiary/aromatic N) is 1. The first kappa shape index (κ1) is 11.7. The predicted octanol–water partition coefficient (Wildman–Crippen LogP) is 2.12. The summed E-state index contributed by atoms with van der Waals surface area (Å²) in [5.74, 6) is -0.186. The molecule has 0 radical (unpaired) electrons. The van der Waals surface area contributed by atoms with Crippen LogP contribution in [-0.2, 0) is 11.2 Å². The summed E-state index contributed by atoms with van der Waals surface area (Å²) >= 11 is 0. The van der Waals surface area contributed by atoms with Crippen molar-refractivity contribution in [2.75, 3.05) is 0 Å².